The predicted octanol–water partition coefficient (Wildman–Crippen LogP) is 2.47. The van der Waals surface area contributed by atoms with Crippen LogP contribution in [0.4, 0.5) is 0 Å². The van der Waals surface area contributed by atoms with Crippen LogP contribution in [0.3, 0.4) is 0 Å². The fourth-order valence-corrected chi connectivity index (χ4v) is 1.55. The standard InChI is InChI=1S/C10H14/c1-5-7-9-8(6-2)10(9,3)4/h6,8-9H,2H2,1,3-4H3/t8-,9-/m0/s1. The van der Waals surface area contributed by atoms with Crippen LogP contribution in [0.1, 0.15) is 20.8 Å². The molecule has 0 nitrogen and oxygen atoms in total. The molecule has 0 saturated heterocycles. The normalized spacial score (nSPS) is 33.9. The first-order valence-electron chi connectivity index (χ1n) is 3.69. The molecular weight excluding hydrogens is 120 g/mol. The van der Waals surface area contributed by atoms with Gasteiger partial charge in [0.2, 0.25) is 0 Å². The van der Waals surface area contributed by atoms with Gasteiger partial charge in [-0.1, -0.05) is 25.8 Å². The molecule has 0 heterocycles. The van der Waals surface area contributed by atoms with Crippen molar-refractivity contribution in [3.05, 3.63) is 12.7 Å². The van der Waals surface area contributed by atoms with Crippen LogP contribution in [0.25, 0.3) is 0 Å². The van der Waals surface area contributed by atoms with Crippen LogP contribution >= 0.6 is 0 Å². The van der Waals surface area contributed by atoms with Crippen LogP contribution in [0, 0.1) is 29.1 Å². The molecule has 0 N–H and O–H groups in total. The Bertz CT molecular complexity index is 200. The van der Waals surface area contributed by atoms with Crippen LogP contribution in [0.15, 0.2) is 12.7 Å². The molecule has 10 heavy (non-hydrogen) atoms. The van der Waals surface area contributed by atoms with E-state index in [0.29, 0.717) is 17.3 Å². The highest BCUT2D eigenvalue weighted by Crippen LogP contribution is 2.58. The molecule has 0 amide bonds. The van der Waals surface area contributed by atoms with E-state index in [1.165, 1.54) is 0 Å². The van der Waals surface area contributed by atoms with E-state index in [9.17, 15) is 0 Å². The van der Waals surface area contributed by atoms with Gasteiger partial charge in [0, 0.05) is 5.92 Å². The Hall–Kier alpha value is -0.700. The third kappa shape index (κ3) is 0.865. The van der Waals surface area contributed by atoms with Crippen molar-refractivity contribution < 1.29 is 0 Å². The zero-order valence-electron chi connectivity index (χ0n) is 6.94. The first-order valence-corrected chi connectivity index (χ1v) is 3.69. The minimum Gasteiger partial charge on any atom is -0.106 e. The lowest BCUT2D eigenvalue weighted by molar-refractivity contribution is 0.590. The van der Waals surface area contributed by atoms with E-state index in [2.05, 4.69) is 32.3 Å². The van der Waals surface area contributed by atoms with Crippen molar-refractivity contribution in [1.29, 1.82) is 0 Å². The molecule has 0 heteroatoms. The Morgan fingerprint density at radius 2 is 2.10 bits per heavy atom. The molecule has 2 atom stereocenters. The summed E-state index contributed by atoms with van der Waals surface area (Å²) in [7, 11) is 0. The molecule has 1 saturated carbocycles. The SMILES string of the molecule is C=C[C@H]1[C@H](C#CC)C1(C)C. The second-order valence-electron chi connectivity index (χ2n) is 3.45. The van der Waals surface area contributed by atoms with Gasteiger partial charge < -0.3 is 0 Å². The Kier molecular flexibility index (Phi) is 1.60. The molecule has 1 aliphatic rings. The lowest BCUT2D eigenvalue weighted by Gasteiger charge is -1.94. The van der Waals surface area contributed by atoms with Crippen molar-refractivity contribution in [2.75, 3.05) is 0 Å². The Morgan fingerprint density at radius 1 is 1.50 bits per heavy atom. The molecule has 0 spiro atoms. The van der Waals surface area contributed by atoms with Crippen molar-refractivity contribution in [2.45, 2.75) is 20.8 Å². The highest BCUT2D eigenvalue weighted by molar-refractivity contribution is 5.25. The van der Waals surface area contributed by atoms with Crippen molar-refractivity contribution in [1.82, 2.24) is 0 Å². The number of hydrogen-bond acceptors (Lipinski definition) is 0. The van der Waals surface area contributed by atoms with Gasteiger partial charge in [0.15, 0.2) is 0 Å². The van der Waals surface area contributed by atoms with Crippen molar-refractivity contribution in [3.8, 4) is 11.8 Å². The van der Waals surface area contributed by atoms with E-state index >= 15 is 0 Å². The first-order chi connectivity index (χ1) is 4.64. The largest absolute Gasteiger partial charge is 0.106 e. The molecule has 54 valence electrons. The van der Waals surface area contributed by atoms with Crippen LogP contribution in [0.5, 0.6) is 0 Å². The topological polar surface area (TPSA) is 0 Å². The van der Waals surface area contributed by atoms with Gasteiger partial charge >= 0.3 is 0 Å². The summed E-state index contributed by atoms with van der Waals surface area (Å²) < 4.78 is 0. The molecule has 0 aromatic heterocycles. The van der Waals surface area contributed by atoms with Crippen molar-refractivity contribution in [3.63, 3.8) is 0 Å². The van der Waals surface area contributed by atoms with E-state index in [4.69, 9.17) is 0 Å². The summed E-state index contributed by atoms with van der Waals surface area (Å²) in [5, 5.41) is 0. The van der Waals surface area contributed by atoms with Crippen LogP contribution < -0.4 is 0 Å². The first kappa shape index (κ1) is 7.41. The molecular formula is C10H14. The second-order valence-corrected chi connectivity index (χ2v) is 3.45. The zero-order chi connectivity index (χ0) is 7.78. The predicted molar refractivity (Wildman–Crippen MR) is 44.4 cm³/mol. The Morgan fingerprint density at radius 3 is 2.40 bits per heavy atom. The average molecular weight is 134 g/mol. The molecule has 1 fully saturated rings. The average Bonchev–Trinajstić information content (AvgIpc) is 2.36. The lowest BCUT2D eigenvalue weighted by Crippen LogP contribution is -1.87. The minimum atomic E-state index is 0.394. The molecule has 0 radical (unpaired) electrons. The van der Waals surface area contributed by atoms with Crippen LogP contribution in [-0.2, 0) is 0 Å². The highest BCUT2D eigenvalue weighted by atomic mass is 14.6. The van der Waals surface area contributed by atoms with Crippen LogP contribution in [0.2, 0.25) is 0 Å². The van der Waals surface area contributed by atoms with E-state index in [0.717, 1.165) is 0 Å². The van der Waals surface area contributed by atoms with Gasteiger partial charge in [-0.05, 0) is 18.3 Å². The van der Waals surface area contributed by atoms with E-state index in [1.807, 2.05) is 13.0 Å². The Balaban J connectivity index is 2.67. The lowest BCUT2D eigenvalue weighted by atomic mass is 10.1. The number of hydrogen-bond donors (Lipinski definition) is 0. The molecule has 0 aromatic rings. The summed E-state index contributed by atoms with van der Waals surface area (Å²) in [6, 6.07) is 0. The van der Waals surface area contributed by atoms with Gasteiger partial charge in [0.1, 0.15) is 0 Å². The fourth-order valence-electron chi connectivity index (χ4n) is 1.55. The third-order valence-electron chi connectivity index (χ3n) is 2.46. The summed E-state index contributed by atoms with van der Waals surface area (Å²) >= 11 is 0. The van der Waals surface area contributed by atoms with Gasteiger partial charge in [0.05, 0.1) is 0 Å². The van der Waals surface area contributed by atoms with Crippen LogP contribution in [-0.4, -0.2) is 0 Å². The maximum atomic E-state index is 3.78. The smallest absolute Gasteiger partial charge is 0.0328 e. The molecule has 0 unspecified atom stereocenters. The second kappa shape index (κ2) is 2.16. The zero-order valence-corrected chi connectivity index (χ0v) is 6.94. The maximum Gasteiger partial charge on any atom is 0.0328 e. The summed E-state index contributed by atoms with van der Waals surface area (Å²) in [4.78, 5) is 0. The molecule has 0 bridgehead atoms. The van der Waals surface area contributed by atoms with E-state index in [1.54, 1.807) is 0 Å². The van der Waals surface area contributed by atoms with Gasteiger partial charge in [-0.15, -0.1) is 12.5 Å². The summed E-state index contributed by atoms with van der Waals surface area (Å²) in [6.07, 6.45) is 2.02. The minimum absolute atomic E-state index is 0.394. The summed E-state index contributed by atoms with van der Waals surface area (Å²) in [6.45, 7) is 10.2. The molecule has 0 aliphatic heterocycles. The molecule has 0 aromatic carbocycles. The summed E-state index contributed by atoms with van der Waals surface area (Å²) in [5.74, 6) is 7.33. The monoisotopic (exact) mass is 134 g/mol. The van der Waals surface area contributed by atoms with Gasteiger partial charge in [-0.2, -0.15) is 0 Å². The number of rotatable bonds is 1. The van der Waals surface area contributed by atoms with E-state index < -0.39 is 0 Å². The molecule has 1 rings (SSSR count). The van der Waals surface area contributed by atoms with Crippen molar-refractivity contribution >= 4 is 0 Å². The Labute approximate surface area is 63.3 Å². The molecule has 1 aliphatic carbocycles. The maximum absolute atomic E-state index is 3.78. The van der Waals surface area contributed by atoms with Gasteiger partial charge in [-0.25, -0.2) is 0 Å². The fraction of sp³-hybridized carbons (Fsp3) is 0.600. The highest BCUT2D eigenvalue weighted by Gasteiger charge is 2.54. The van der Waals surface area contributed by atoms with Gasteiger partial charge in [-0.3, -0.25) is 0 Å². The quantitative estimate of drug-likeness (QED) is 0.382. The summed E-state index contributed by atoms with van der Waals surface area (Å²) in [5.41, 5.74) is 0.394. The van der Waals surface area contributed by atoms with E-state index in [-0.39, 0.29) is 0 Å². The van der Waals surface area contributed by atoms with Crippen molar-refractivity contribution in [2.24, 2.45) is 17.3 Å². The number of allylic oxidation sites excluding steroid dienone is 1. The third-order valence-corrected chi connectivity index (χ3v) is 2.46. The van der Waals surface area contributed by atoms with Gasteiger partial charge in [0.25, 0.3) is 0 Å².